The molecule has 1 aliphatic heterocycles. The summed E-state index contributed by atoms with van der Waals surface area (Å²) >= 11 is 0. The van der Waals surface area contributed by atoms with Crippen molar-refractivity contribution in [3.05, 3.63) is 0 Å². The van der Waals surface area contributed by atoms with Gasteiger partial charge < -0.3 is 4.90 Å². The summed E-state index contributed by atoms with van der Waals surface area (Å²) in [6, 6.07) is 0.330. The number of rotatable bonds is 14. The maximum Gasteiger partial charge on any atom is 0.264 e. The van der Waals surface area contributed by atoms with Crippen molar-refractivity contribution in [1.82, 2.24) is 4.90 Å². The van der Waals surface area contributed by atoms with Crippen LogP contribution >= 0.6 is 0 Å². The lowest BCUT2D eigenvalue weighted by atomic mass is 10.00. The number of likely N-dealkylation sites (tertiary alicyclic amines) is 1. The Morgan fingerprint density at radius 1 is 0.833 bits per heavy atom. The third-order valence-electron chi connectivity index (χ3n) is 5.26. The van der Waals surface area contributed by atoms with Gasteiger partial charge in [0.2, 0.25) is 0 Å². The molecule has 0 aromatic carbocycles. The maximum atomic E-state index is 11.1. The van der Waals surface area contributed by atoms with Gasteiger partial charge in [-0.05, 0) is 38.8 Å². The average molecular weight is 362 g/mol. The lowest BCUT2D eigenvalue weighted by molar-refractivity contribution is 0.148. The summed E-state index contributed by atoms with van der Waals surface area (Å²) in [6.45, 7) is 4.43. The second kappa shape index (κ2) is 13.1. The summed E-state index contributed by atoms with van der Waals surface area (Å²) in [6.07, 6.45) is 17.2. The second-order valence-corrected chi connectivity index (χ2v) is 9.01. The van der Waals surface area contributed by atoms with Gasteiger partial charge in [-0.1, -0.05) is 71.1 Å². The first-order valence-corrected chi connectivity index (χ1v) is 11.8. The predicted molar refractivity (Wildman–Crippen MR) is 102 cm³/mol. The summed E-state index contributed by atoms with van der Waals surface area (Å²) in [5, 5.41) is 0. The van der Waals surface area contributed by atoms with Crippen molar-refractivity contribution in [2.24, 2.45) is 0 Å². The third-order valence-corrected chi connectivity index (χ3v) is 6.01. The minimum absolute atomic E-state index is 0.0917. The molecule has 144 valence electrons. The van der Waals surface area contributed by atoms with E-state index in [0.717, 1.165) is 19.5 Å². The van der Waals surface area contributed by atoms with E-state index in [4.69, 9.17) is 4.55 Å². The normalized spacial score (nSPS) is 17.9. The summed E-state index contributed by atoms with van der Waals surface area (Å²) in [4.78, 5) is 2.46. The van der Waals surface area contributed by atoms with Crippen LogP contribution in [0.3, 0.4) is 0 Å². The van der Waals surface area contributed by atoms with Gasteiger partial charge in [-0.15, -0.1) is 0 Å². The molecule has 0 aliphatic carbocycles. The zero-order valence-electron chi connectivity index (χ0n) is 15.7. The SMILES string of the molecule is CCCCCCCCCCCC(CCS(=O)(=O)O)N1CCCCC1. The second-order valence-electron chi connectivity index (χ2n) is 7.44. The van der Waals surface area contributed by atoms with Gasteiger partial charge in [0.05, 0.1) is 5.75 Å². The molecular formula is C19H39NO3S. The van der Waals surface area contributed by atoms with Crippen LogP contribution in [0.5, 0.6) is 0 Å². The van der Waals surface area contributed by atoms with Crippen molar-refractivity contribution < 1.29 is 13.0 Å². The van der Waals surface area contributed by atoms with Crippen LogP contribution in [0.4, 0.5) is 0 Å². The molecule has 1 rings (SSSR count). The van der Waals surface area contributed by atoms with Crippen LogP contribution in [0.1, 0.15) is 96.8 Å². The molecule has 1 atom stereocenters. The van der Waals surface area contributed by atoms with Crippen LogP contribution in [0.25, 0.3) is 0 Å². The molecule has 0 saturated carbocycles. The van der Waals surface area contributed by atoms with Crippen molar-refractivity contribution in [3.63, 3.8) is 0 Å². The van der Waals surface area contributed by atoms with Gasteiger partial charge in [-0.25, -0.2) is 0 Å². The zero-order valence-corrected chi connectivity index (χ0v) is 16.5. The summed E-state index contributed by atoms with van der Waals surface area (Å²) in [5.74, 6) is -0.0917. The number of hydrogen-bond donors (Lipinski definition) is 1. The van der Waals surface area contributed by atoms with Crippen molar-refractivity contribution in [2.75, 3.05) is 18.8 Å². The highest BCUT2D eigenvalue weighted by Crippen LogP contribution is 2.20. The molecule has 1 saturated heterocycles. The van der Waals surface area contributed by atoms with Crippen LogP contribution in [0.2, 0.25) is 0 Å². The van der Waals surface area contributed by atoms with E-state index in [-0.39, 0.29) is 5.75 Å². The fraction of sp³-hybridized carbons (Fsp3) is 1.00. The monoisotopic (exact) mass is 361 g/mol. The van der Waals surface area contributed by atoms with Crippen molar-refractivity contribution in [3.8, 4) is 0 Å². The molecule has 0 spiro atoms. The number of piperidine rings is 1. The van der Waals surface area contributed by atoms with Crippen molar-refractivity contribution >= 4 is 10.1 Å². The molecule has 0 amide bonds. The largest absolute Gasteiger partial charge is 0.300 e. The Bertz CT molecular complexity index is 391. The zero-order chi connectivity index (χ0) is 17.7. The quantitative estimate of drug-likeness (QED) is 0.348. The lowest BCUT2D eigenvalue weighted by Crippen LogP contribution is -2.40. The molecule has 4 nitrogen and oxygen atoms in total. The van der Waals surface area contributed by atoms with E-state index in [1.54, 1.807) is 0 Å². The Balaban J connectivity index is 2.18. The first-order chi connectivity index (χ1) is 11.5. The highest BCUT2D eigenvalue weighted by Gasteiger charge is 2.21. The molecule has 24 heavy (non-hydrogen) atoms. The third kappa shape index (κ3) is 11.4. The van der Waals surface area contributed by atoms with E-state index in [2.05, 4.69) is 11.8 Å². The van der Waals surface area contributed by atoms with E-state index >= 15 is 0 Å². The van der Waals surface area contributed by atoms with Gasteiger partial charge in [0.25, 0.3) is 10.1 Å². The molecule has 0 bridgehead atoms. The van der Waals surface area contributed by atoms with Gasteiger partial charge >= 0.3 is 0 Å². The Morgan fingerprint density at radius 2 is 1.38 bits per heavy atom. The number of nitrogens with zero attached hydrogens (tertiary/aromatic N) is 1. The molecule has 0 radical (unpaired) electrons. The topological polar surface area (TPSA) is 57.6 Å². The fourth-order valence-corrected chi connectivity index (χ4v) is 4.34. The lowest BCUT2D eigenvalue weighted by Gasteiger charge is -2.34. The number of hydrogen-bond acceptors (Lipinski definition) is 3. The Kier molecular flexibility index (Phi) is 12.0. The molecule has 1 aliphatic rings. The van der Waals surface area contributed by atoms with Gasteiger partial charge in [-0.3, -0.25) is 4.55 Å². The van der Waals surface area contributed by atoms with Gasteiger partial charge in [-0.2, -0.15) is 8.42 Å². The molecule has 1 heterocycles. The first kappa shape index (κ1) is 21.9. The molecular weight excluding hydrogens is 322 g/mol. The van der Waals surface area contributed by atoms with E-state index in [9.17, 15) is 8.42 Å². The van der Waals surface area contributed by atoms with Crippen LogP contribution < -0.4 is 0 Å². The Morgan fingerprint density at radius 3 is 1.92 bits per heavy atom. The van der Waals surface area contributed by atoms with E-state index in [0.29, 0.717) is 12.5 Å². The van der Waals surface area contributed by atoms with E-state index in [1.165, 1.54) is 77.0 Å². The highest BCUT2D eigenvalue weighted by atomic mass is 32.2. The molecule has 1 fully saturated rings. The van der Waals surface area contributed by atoms with Gasteiger partial charge in [0.1, 0.15) is 0 Å². The van der Waals surface area contributed by atoms with Crippen LogP contribution in [0.15, 0.2) is 0 Å². The molecule has 5 heteroatoms. The molecule has 0 aromatic heterocycles. The minimum Gasteiger partial charge on any atom is -0.300 e. The van der Waals surface area contributed by atoms with Gasteiger partial charge in [0, 0.05) is 6.04 Å². The number of unbranched alkanes of at least 4 members (excludes halogenated alkanes) is 8. The maximum absolute atomic E-state index is 11.1. The summed E-state index contributed by atoms with van der Waals surface area (Å²) in [7, 11) is -3.83. The minimum atomic E-state index is -3.83. The summed E-state index contributed by atoms with van der Waals surface area (Å²) < 4.78 is 31.2. The van der Waals surface area contributed by atoms with E-state index in [1.807, 2.05) is 0 Å². The van der Waals surface area contributed by atoms with Crippen LogP contribution in [0, 0.1) is 0 Å². The fourth-order valence-electron chi connectivity index (χ4n) is 3.77. The summed E-state index contributed by atoms with van der Waals surface area (Å²) in [5.41, 5.74) is 0. The van der Waals surface area contributed by atoms with Crippen molar-refractivity contribution in [2.45, 2.75) is 103 Å². The average Bonchev–Trinajstić information content (AvgIpc) is 2.56. The highest BCUT2D eigenvalue weighted by molar-refractivity contribution is 7.85. The predicted octanol–water partition coefficient (Wildman–Crippen LogP) is 5.04. The Labute approximate surface area is 150 Å². The molecule has 1 unspecified atom stereocenters. The van der Waals surface area contributed by atoms with Crippen LogP contribution in [-0.2, 0) is 10.1 Å². The molecule has 0 aromatic rings. The van der Waals surface area contributed by atoms with Gasteiger partial charge in [0.15, 0.2) is 0 Å². The molecule has 1 N–H and O–H groups in total. The van der Waals surface area contributed by atoms with Crippen molar-refractivity contribution in [1.29, 1.82) is 0 Å². The van der Waals surface area contributed by atoms with Crippen LogP contribution in [-0.4, -0.2) is 42.8 Å². The Hall–Kier alpha value is -0.130. The standard InChI is InChI=1S/C19H39NO3S/c1-2-3-4-5-6-7-8-9-11-14-19(15-18-24(21,22)23)20-16-12-10-13-17-20/h19H,2-18H2,1H3,(H,21,22,23). The first-order valence-electron chi connectivity index (χ1n) is 10.2. The van der Waals surface area contributed by atoms with E-state index < -0.39 is 10.1 Å². The smallest absolute Gasteiger partial charge is 0.264 e.